The average molecular weight is 555 g/mol. The number of alkyl halides is 3. The summed E-state index contributed by atoms with van der Waals surface area (Å²) in [5, 5.41) is 23.0. The minimum Gasteiger partial charge on any atom is -0.405 e. The Bertz CT molecular complexity index is 1120. The van der Waals surface area contributed by atoms with E-state index in [1.54, 1.807) is 36.4 Å². The lowest BCUT2D eigenvalue weighted by Crippen LogP contribution is -2.50. The molecule has 0 unspecified atom stereocenters. The highest BCUT2D eigenvalue weighted by atomic mass is 35.5. The molecular weight excluding hydrogens is 525 g/mol. The van der Waals surface area contributed by atoms with Crippen LogP contribution in [0.1, 0.15) is 25.3 Å². The van der Waals surface area contributed by atoms with Crippen LogP contribution < -0.4 is 10.1 Å². The van der Waals surface area contributed by atoms with Crippen LogP contribution in [0.5, 0.6) is 5.75 Å². The number of benzene rings is 2. The molecule has 0 aliphatic carbocycles. The number of amides is 2. The minimum absolute atomic E-state index is 0.0124. The van der Waals surface area contributed by atoms with Crippen molar-refractivity contribution in [3.8, 4) is 16.9 Å². The molecule has 2 aromatic rings. The fourth-order valence-corrected chi connectivity index (χ4v) is 3.72. The van der Waals surface area contributed by atoms with E-state index in [4.69, 9.17) is 11.6 Å². The number of nitrogens with zero attached hydrogens (tertiary/aromatic N) is 1. The molecule has 2 amide bonds. The standard InChI is InChI=1S/C22H23F3N2O5.C5H7Cl/c23-22(24,25)32-17-6-2-1-5-16(17)15-9-7-14(8-10-15)13-26-20(30)18(28)19(29)21(31)27-11-3-4-12-27;1-3-4-5(2)6/h1-2,5-10,18-19,28-29H,3-4,11-13H2,(H,26,30);3-4H,2H2,1H3/b;4-3-/t18-,19-;/m1./s1. The molecule has 0 aromatic heterocycles. The molecule has 11 heteroatoms. The van der Waals surface area contributed by atoms with Crippen molar-refractivity contribution in [3.63, 3.8) is 0 Å². The summed E-state index contributed by atoms with van der Waals surface area (Å²) in [5.41, 5.74) is 1.33. The summed E-state index contributed by atoms with van der Waals surface area (Å²) in [6.45, 7) is 6.27. The Morgan fingerprint density at radius 1 is 1.11 bits per heavy atom. The molecule has 3 N–H and O–H groups in total. The number of aliphatic hydroxyl groups excluding tert-OH is 2. The Balaban J connectivity index is 0.000000757. The maximum absolute atomic E-state index is 12.6. The zero-order valence-corrected chi connectivity index (χ0v) is 21.5. The number of nitrogens with one attached hydrogen (secondary N) is 1. The van der Waals surface area contributed by atoms with Gasteiger partial charge in [-0.05, 0) is 43.0 Å². The molecular formula is C27H30ClF3N2O5. The number of halogens is 4. The number of likely N-dealkylation sites (tertiary alicyclic amines) is 1. The van der Waals surface area contributed by atoms with Crippen LogP contribution >= 0.6 is 11.6 Å². The zero-order chi connectivity index (χ0) is 28.3. The van der Waals surface area contributed by atoms with Crippen LogP contribution in [0.25, 0.3) is 11.1 Å². The van der Waals surface area contributed by atoms with Gasteiger partial charge in [-0.25, -0.2) is 0 Å². The predicted molar refractivity (Wildman–Crippen MR) is 138 cm³/mol. The number of allylic oxidation sites excluding steroid dienone is 3. The van der Waals surface area contributed by atoms with Gasteiger partial charge < -0.3 is 25.2 Å². The molecule has 1 aliphatic heterocycles. The smallest absolute Gasteiger partial charge is 0.405 e. The highest BCUT2D eigenvalue weighted by Gasteiger charge is 2.34. The van der Waals surface area contributed by atoms with Gasteiger partial charge >= 0.3 is 6.36 Å². The minimum atomic E-state index is -4.82. The number of para-hydroxylation sites is 1. The van der Waals surface area contributed by atoms with Crippen molar-refractivity contribution in [1.82, 2.24) is 10.2 Å². The van der Waals surface area contributed by atoms with E-state index >= 15 is 0 Å². The Hall–Kier alpha value is -3.34. The number of carbonyl (C=O) groups excluding carboxylic acids is 2. The lowest BCUT2D eigenvalue weighted by molar-refractivity contribution is -0.274. The second kappa shape index (κ2) is 14.6. The zero-order valence-electron chi connectivity index (χ0n) is 20.7. The lowest BCUT2D eigenvalue weighted by atomic mass is 10.0. The van der Waals surface area contributed by atoms with Crippen LogP contribution in [0, 0.1) is 0 Å². The van der Waals surface area contributed by atoms with E-state index in [1.165, 1.54) is 23.1 Å². The van der Waals surface area contributed by atoms with Gasteiger partial charge in [0.25, 0.3) is 11.8 Å². The average Bonchev–Trinajstić information content (AvgIpc) is 3.41. The highest BCUT2D eigenvalue weighted by Crippen LogP contribution is 2.33. The largest absolute Gasteiger partial charge is 0.573 e. The van der Waals surface area contributed by atoms with Crippen LogP contribution in [0.2, 0.25) is 0 Å². The number of hydrogen-bond acceptors (Lipinski definition) is 5. The summed E-state index contributed by atoms with van der Waals surface area (Å²) in [6.07, 6.45) is -3.37. The van der Waals surface area contributed by atoms with Gasteiger partial charge in [0.15, 0.2) is 12.2 Å². The molecule has 2 aromatic carbocycles. The third kappa shape index (κ3) is 9.85. The molecule has 2 atom stereocenters. The van der Waals surface area contributed by atoms with Gasteiger partial charge in [0, 0.05) is 30.2 Å². The van der Waals surface area contributed by atoms with Crippen LogP contribution in [0.15, 0.2) is 72.3 Å². The first-order valence-corrected chi connectivity index (χ1v) is 12.1. The summed E-state index contributed by atoms with van der Waals surface area (Å²) in [4.78, 5) is 25.6. The molecule has 7 nitrogen and oxygen atoms in total. The second-order valence-corrected chi connectivity index (χ2v) is 8.81. The fourth-order valence-electron chi connectivity index (χ4n) is 3.60. The van der Waals surface area contributed by atoms with Crippen molar-refractivity contribution in [2.24, 2.45) is 0 Å². The second-order valence-electron chi connectivity index (χ2n) is 8.33. The molecule has 1 heterocycles. The van der Waals surface area contributed by atoms with E-state index in [2.05, 4.69) is 16.6 Å². The summed E-state index contributed by atoms with van der Waals surface area (Å²) >= 11 is 5.30. The first-order chi connectivity index (χ1) is 17.9. The van der Waals surface area contributed by atoms with Gasteiger partial charge in [0.2, 0.25) is 0 Å². The first-order valence-electron chi connectivity index (χ1n) is 11.8. The van der Waals surface area contributed by atoms with Crippen molar-refractivity contribution < 1.29 is 37.7 Å². The molecule has 3 rings (SSSR count). The van der Waals surface area contributed by atoms with Gasteiger partial charge in [-0.15, -0.1) is 13.2 Å². The number of hydrogen-bond donors (Lipinski definition) is 3. The molecule has 0 spiro atoms. The third-order valence-electron chi connectivity index (χ3n) is 5.43. The van der Waals surface area contributed by atoms with Gasteiger partial charge in [-0.3, -0.25) is 9.59 Å². The molecule has 206 valence electrons. The molecule has 1 saturated heterocycles. The summed E-state index contributed by atoms with van der Waals surface area (Å²) in [7, 11) is 0. The lowest BCUT2D eigenvalue weighted by Gasteiger charge is -2.22. The van der Waals surface area contributed by atoms with E-state index in [0.717, 1.165) is 12.8 Å². The topological polar surface area (TPSA) is 99.1 Å². The van der Waals surface area contributed by atoms with E-state index in [0.29, 0.717) is 29.2 Å². The normalized spacial score (nSPS) is 14.9. The van der Waals surface area contributed by atoms with Crippen molar-refractivity contribution in [3.05, 3.63) is 77.9 Å². The van der Waals surface area contributed by atoms with Crippen molar-refractivity contribution in [2.45, 2.75) is 44.9 Å². The van der Waals surface area contributed by atoms with E-state index in [1.807, 2.05) is 13.0 Å². The van der Waals surface area contributed by atoms with Crippen LogP contribution in [0.3, 0.4) is 0 Å². The van der Waals surface area contributed by atoms with Crippen LogP contribution in [0.4, 0.5) is 13.2 Å². The van der Waals surface area contributed by atoms with E-state index in [9.17, 15) is 33.0 Å². The molecule has 1 aliphatic rings. The van der Waals surface area contributed by atoms with Gasteiger partial charge in [0.05, 0.1) is 0 Å². The Labute approximate surface area is 224 Å². The van der Waals surface area contributed by atoms with Gasteiger partial charge in [-0.1, -0.05) is 66.7 Å². The van der Waals surface area contributed by atoms with Crippen LogP contribution in [-0.2, 0) is 16.1 Å². The predicted octanol–water partition coefficient (Wildman–Crippen LogP) is 4.53. The molecule has 0 bridgehead atoms. The Morgan fingerprint density at radius 3 is 2.24 bits per heavy atom. The Kier molecular flexibility index (Phi) is 11.8. The van der Waals surface area contributed by atoms with Gasteiger partial charge in [0.1, 0.15) is 5.75 Å². The van der Waals surface area contributed by atoms with Crippen molar-refractivity contribution >= 4 is 23.4 Å². The third-order valence-corrected chi connectivity index (χ3v) is 5.56. The van der Waals surface area contributed by atoms with Crippen molar-refractivity contribution in [1.29, 1.82) is 0 Å². The number of carbonyl (C=O) groups is 2. The van der Waals surface area contributed by atoms with Crippen molar-refractivity contribution in [2.75, 3.05) is 13.1 Å². The Morgan fingerprint density at radius 2 is 1.71 bits per heavy atom. The van der Waals surface area contributed by atoms with Crippen LogP contribution in [-0.4, -0.2) is 58.6 Å². The summed E-state index contributed by atoms with van der Waals surface area (Å²) < 4.78 is 41.9. The summed E-state index contributed by atoms with van der Waals surface area (Å²) in [6, 6.07) is 12.1. The van der Waals surface area contributed by atoms with E-state index in [-0.39, 0.29) is 17.9 Å². The molecule has 0 saturated carbocycles. The SMILES string of the molecule is C=C(Cl)/C=C\C.O=C(NCc1ccc(-c2ccccc2OC(F)(F)F)cc1)[C@H](O)[C@@H](O)C(=O)N1CCCC1. The number of ether oxygens (including phenoxy) is 1. The molecule has 38 heavy (non-hydrogen) atoms. The molecule has 0 radical (unpaired) electrons. The quantitative estimate of drug-likeness (QED) is 0.417. The van der Waals surface area contributed by atoms with Gasteiger partial charge in [-0.2, -0.15) is 0 Å². The highest BCUT2D eigenvalue weighted by molar-refractivity contribution is 6.30. The molecule has 1 fully saturated rings. The number of aliphatic hydroxyl groups is 2. The summed E-state index contributed by atoms with van der Waals surface area (Å²) in [5.74, 6) is -1.92. The monoisotopic (exact) mass is 554 g/mol. The van der Waals surface area contributed by atoms with E-state index < -0.39 is 30.4 Å². The number of rotatable bonds is 8. The first kappa shape index (κ1) is 30.9. The maximum Gasteiger partial charge on any atom is 0.573 e. The fraction of sp³-hybridized carbons (Fsp3) is 0.333. The maximum atomic E-state index is 12.6.